The van der Waals surface area contributed by atoms with Gasteiger partial charge in [-0.3, -0.25) is 10.2 Å². The Kier molecular flexibility index (Phi) is 2.43. The van der Waals surface area contributed by atoms with E-state index in [1.165, 1.54) is 0 Å². The SMILES string of the molecule is Oc1ccc2[nH]ncc2c1N=Nc1ccc2[nH]ncc2c1. The van der Waals surface area contributed by atoms with Crippen LogP contribution in [0, 0.1) is 0 Å². The molecule has 0 fully saturated rings. The Bertz CT molecular complexity index is 968. The molecule has 0 radical (unpaired) electrons. The molecule has 102 valence electrons. The highest BCUT2D eigenvalue weighted by molar-refractivity contribution is 5.92. The highest BCUT2D eigenvalue weighted by Gasteiger charge is 2.07. The van der Waals surface area contributed by atoms with E-state index < -0.39 is 0 Å². The van der Waals surface area contributed by atoms with Gasteiger partial charge in [-0.05, 0) is 30.3 Å². The molecule has 0 saturated carbocycles. The number of H-pyrrole nitrogens is 2. The molecule has 2 aromatic heterocycles. The summed E-state index contributed by atoms with van der Waals surface area (Å²) in [5.41, 5.74) is 2.82. The lowest BCUT2D eigenvalue weighted by atomic mass is 10.2. The Balaban J connectivity index is 1.79. The third-order valence-corrected chi connectivity index (χ3v) is 3.26. The van der Waals surface area contributed by atoms with Crippen molar-refractivity contribution < 1.29 is 5.11 Å². The van der Waals surface area contributed by atoms with E-state index >= 15 is 0 Å². The van der Waals surface area contributed by atoms with Crippen molar-refractivity contribution in [2.75, 3.05) is 0 Å². The molecular weight excluding hydrogens is 268 g/mol. The monoisotopic (exact) mass is 278 g/mol. The van der Waals surface area contributed by atoms with Crippen LogP contribution in [0.5, 0.6) is 5.75 Å². The summed E-state index contributed by atoms with van der Waals surface area (Å²) in [4.78, 5) is 0. The molecule has 3 N–H and O–H groups in total. The van der Waals surface area contributed by atoms with Gasteiger partial charge in [0.25, 0.3) is 0 Å². The maximum atomic E-state index is 9.93. The first-order valence-electron chi connectivity index (χ1n) is 6.31. The molecule has 0 atom stereocenters. The van der Waals surface area contributed by atoms with Gasteiger partial charge in [0, 0.05) is 5.39 Å². The van der Waals surface area contributed by atoms with Crippen LogP contribution in [0.4, 0.5) is 11.4 Å². The number of hydrogen-bond donors (Lipinski definition) is 3. The van der Waals surface area contributed by atoms with Gasteiger partial charge < -0.3 is 5.11 Å². The molecule has 21 heavy (non-hydrogen) atoms. The van der Waals surface area contributed by atoms with E-state index in [2.05, 4.69) is 30.6 Å². The lowest BCUT2D eigenvalue weighted by molar-refractivity contribution is 0.477. The van der Waals surface area contributed by atoms with E-state index in [1.807, 2.05) is 18.2 Å². The second-order valence-corrected chi connectivity index (χ2v) is 4.61. The van der Waals surface area contributed by atoms with Crippen molar-refractivity contribution >= 4 is 33.2 Å². The first-order chi connectivity index (χ1) is 10.3. The topological polar surface area (TPSA) is 102 Å². The maximum Gasteiger partial charge on any atom is 0.143 e. The van der Waals surface area contributed by atoms with Crippen molar-refractivity contribution in [1.82, 2.24) is 20.4 Å². The summed E-state index contributed by atoms with van der Waals surface area (Å²) in [5, 5.41) is 33.6. The summed E-state index contributed by atoms with van der Waals surface area (Å²) in [6, 6.07) is 8.89. The van der Waals surface area contributed by atoms with E-state index in [1.54, 1.807) is 24.5 Å². The molecule has 4 rings (SSSR count). The number of azo groups is 1. The highest BCUT2D eigenvalue weighted by atomic mass is 16.3. The number of aromatic amines is 2. The van der Waals surface area contributed by atoms with Crippen LogP contribution in [-0.4, -0.2) is 25.5 Å². The fourth-order valence-corrected chi connectivity index (χ4v) is 2.20. The average Bonchev–Trinajstić information content (AvgIpc) is 3.14. The van der Waals surface area contributed by atoms with Crippen molar-refractivity contribution in [3.63, 3.8) is 0 Å². The average molecular weight is 278 g/mol. The molecule has 7 nitrogen and oxygen atoms in total. The lowest BCUT2D eigenvalue weighted by Crippen LogP contribution is -1.72. The van der Waals surface area contributed by atoms with Gasteiger partial charge in [-0.2, -0.15) is 15.3 Å². The first kappa shape index (κ1) is 11.6. The smallest absolute Gasteiger partial charge is 0.143 e. The molecule has 2 heterocycles. The van der Waals surface area contributed by atoms with Crippen LogP contribution in [0.25, 0.3) is 21.8 Å². The maximum absolute atomic E-state index is 9.93. The molecule has 4 aromatic rings. The molecule has 0 spiro atoms. The quantitative estimate of drug-likeness (QED) is 0.488. The summed E-state index contributed by atoms with van der Waals surface area (Å²) in [7, 11) is 0. The van der Waals surface area contributed by atoms with E-state index in [4.69, 9.17) is 0 Å². The Hall–Kier alpha value is -3.22. The van der Waals surface area contributed by atoms with Gasteiger partial charge in [-0.1, -0.05) is 0 Å². The molecule has 0 aliphatic carbocycles. The number of nitrogens with one attached hydrogen (secondary N) is 2. The third kappa shape index (κ3) is 1.91. The second kappa shape index (κ2) is 4.41. The molecule has 7 heteroatoms. The van der Waals surface area contributed by atoms with E-state index in [0.717, 1.165) is 21.8 Å². The molecular formula is C14H10N6O. The van der Waals surface area contributed by atoms with Gasteiger partial charge in [0.1, 0.15) is 11.4 Å². The fraction of sp³-hybridized carbons (Fsp3) is 0. The minimum absolute atomic E-state index is 0.0667. The summed E-state index contributed by atoms with van der Waals surface area (Å²) < 4.78 is 0. The van der Waals surface area contributed by atoms with E-state index in [0.29, 0.717) is 11.4 Å². The molecule has 0 bridgehead atoms. The molecule has 0 saturated heterocycles. The normalized spacial score (nSPS) is 11.8. The summed E-state index contributed by atoms with van der Waals surface area (Å²) in [5.74, 6) is 0.0667. The van der Waals surface area contributed by atoms with Crippen molar-refractivity contribution in [3.05, 3.63) is 42.7 Å². The van der Waals surface area contributed by atoms with Crippen LogP contribution >= 0.6 is 0 Å². The van der Waals surface area contributed by atoms with Crippen LogP contribution in [0.1, 0.15) is 0 Å². The number of benzene rings is 2. The van der Waals surface area contributed by atoms with Crippen LogP contribution < -0.4 is 0 Å². The zero-order valence-electron chi connectivity index (χ0n) is 10.8. The van der Waals surface area contributed by atoms with Crippen LogP contribution in [0.3, 0.4) is 0 Å². The van der Waals surface area contributed by atoms with Crippen LogP contribution in [0.15, 0.2) is 53.0 Å². The van der Waals surface area contributed by atoms with Crippen molar-refractivity contribution in [2.24, 2.45) is 10.2 Å². The van der Waals surface area contributed by atoms with Gasteiger partial charge in [0.15, 0.2) is 0 Å². The first-order valence-corrected chi connectivity index (χ1v) is 6.31. The van der Waals surface area contributed by atoms with E-state index in [9.17, 15) is 5.11 Å². The highest BCUT2D eigenvalue weighted by Crippen LogP contribution is 2.35. The standard InChI is InChI=1S/C14H10N6O/c21-13-4-3-12-10(7-16-19-12)14(13)20-17-9-1-2-11-8(5-9)6-15-18-11/h1-7,21H,(H,15,18)(H,16,19). The largest absolute Gasteiger partial charge is 0.506 e. The number of aromatic hydroxyl groups is 1. The van der Waals surface area contributed by atoms with Gasteiger partial charge in [0.2, 0.25) is 0 Å². The number of phenolic OH excluding ortho intramolecular Hbond substituents is 1. The van der Waals surface area contributed by atoms with Crippen molar-refractivity contribution in [1.29, 1.82) is 0 Å². The number of fused-ring (bicyclic) bond motifs is 2. The molecule has 0 amide bonds. The predicted octanol–water partition coefficient (Wildman–Crippen LogP) is 3.56. The number of hydrogen-bond acceptors (Lipinski definition) is 5. The third-order valence-electron chi connectivity index (χ3n) is 3.26. The Morgan fingerprint density at radius 2 is 1.71 bits per heavy atom. The predicted molar refractivity (Wildman–Crippen MR) is 78.0 cm³/mol. The summed E-state index contributed by atoms with van der Waals surface area (Å²) in [6.07, 6.45) is 3.34. The zero-order chi connectivity index (χ0) is 14.2. The van der Waals surface area contributed by atoms with Gasteiger partial charge >= 0.3 is 0 Å². The van der Waals surface area contributed by atoms with Crippen LogP contribution in [0.2, 0.25) is 0 Å². The second-order valence-electron chi connectivity index (χ2n) is 4.61. The lowest BCUT2D eigenvalue weighted by Gasteiger charge is -1.99. The Labute approximate surface area is 118 Å². The molecule has 2 aromatic carbocycles. The molecule has 0 unspecified atom stereocenters. The van der Waals surface area contributed by atoms with Crippen molar-refractivity contribution in [2.45, 2.75) is 0 Å². The van der Waals surface area contributed by atoms with E-state index in [-0.39, 0.29) is 5.75 Å². The molecule has 0 aliphatic heterocycles. The number of nitrogens with zero attached hydrogens (tertiary/aromatic N) is 4. The van der Waals surface area contributed by atoms with Crippen molar-refractivity contribution in [3.8, 4) is 5.75 Å². The minimum atomic E-state index is 0.0667. The number of aromatic nitrogens is 4. The van der Waals surface area contributed by atoms with Gasteiger partial charge in [-0.15, -0.1) is 5.11 Å². The fourth-order valence-electron chi connectivity index (χ4n) is 2.20. The Morgan fingerprint density at radius 1 is 0.905 bits per heavy atom. The molecule has 0 aliphatic rings. The zero-order valence-corrected chi connectivity index (χ0v) is 10.8. The van der Waals surface area contributed by atoms with Gasteiger partial charge in [0.05, 0.1) is 34.5 Å². The number of phenols is 1. The summed E-state index contributed by atoms with van der Waals surface area (Å²) in [6.45, 7) is 0. The van der Waals surface area contributed by atoms with Crippen LogP contribution in [-0.2, 0) is 0 Å². The minimum Gasteiger partial charge on any atom is -0.506 e. The number of rotatable bonds is 2. The Morgan fingerprint density at radius 3 is 2.67 bits per heavy atom. The van der Waals surface area contributed by atoms with Gasteiger partial charge in [-0.25, -0.2) is 0 Å². The summed E-state index contributed by atoms with van der Waals surface area (Å²) >= 11 is 0.